The quantitative estimate of drug-likeness (QED) is 0.875. The monoisotopic (exact) mass is 243 g/mol. The predicted molar refractivity (Wildman–Crippen MR) is 74.8 cm³/mol. The third-order valence-electron chi connectivity index (χ3n) is 2.83. The first-order chi connectivity index (χ1) is 8.66. The Morgan fingerprint density at radius 2 is 2.00 bits per heavy atom. The van der Waals surface area contributed by atoms with Crippen molar-refractivity contribution in [2.75, 3.05) is 6.54 Å². The SMILES string of the molecule is Cc1ccn(-c2ccccc2CNCC(C)C)n1. The molecule has 1 aromatic carbocycles. The van der Waals surface area contributed by atoms with Gasteiger partial charge in [-0.1, -0.05) is 32.0 Å². The Bertz CT molecular complexity index is 500. The average Bonchev–Trinajstić information content (AvgIpc) is 2.76. The molecule has 96 valence electrons. The summed E-state index contributed by atoms with van der Waals surface area (Å²) in [4.78, 5) is 0. The molecule has 0 aliphatic carbocycles. The van der Waals surface area contributed by atoms with Crippen LogP contribution in [-0.4, -0.2) is 16.3 Å². The molecular weight excluding hydrogens is 222 g/mol. The van der Waals surface area contributed by atoms with Crippen LogP contribution in [0.1, 0.15) is 25.1 Å². The molecule has 0 bridgehead atoms. The van der Waals surface area contributed by atoms with Gasteiger partial charge in [0, 0.05) is 12.7 Å². The van der Waals surface area contributed by atoms with Crippen molar-refractivity contribution < 1.29 is 0 Å². The molecule has 0 saturated carbocycles. The largest absolute Gasteiger partial charge is 0.312 e. The second-order valence-corrected chi connectivity index (χ2v) is 5.06. The summed E-state index contributed by atoms with van der Waals surface area (Å²) < 4.78 is 1.95. The Morgan fingerprint density at radius 3 is 2.67 bits per heavy atom. The highest BCUT2D eigenvalue weighted by Gasteiger charge is 2.05. The van der Waals surface area contributed by atoms with Crippen molar-refractivity contribution in [2.45, 2.75) is 27.3 Å². The molecular formula is C15H21N3. The summed E-state index contributed by atoms with van der Waals surface area (Å²) in [6, 6.07) is 10.4. The molecule has 0 aliphatic rings. The van der Waals surface area contributed by atoms with Gasteiger partial charge >= 0.3 is 0 Å². The molecule has 0 amide bonds. The van der Waals surface area contributed by atoms with E-state index in [9.17, 15) is 0 Å². The number of hydrogen-bond acceptors (Lipinski definition) is 2. The second kappa shape index (κ2) is 5.83. The Hall–Kier alpha value is -1.61. The minimum atomic E-state index is 0.670. The van der Waals surface area contributed by atoms with E-state index >= 15 is 0 Å². The fraction of sp³-hybridized carbons (Fsp3) is 0.400. The molecule has 0 spiro atoms. The molecule has 0 aliphatic heterocycles. The zero-order valence-electron chi connectivity index (χ0n) is 11.4. The maximum Gasteiger partial charge on any atom is 0.0690 e. The van der Waals surface area contributed by atoms with Gasteiger partial charge in [-0.25, -0.2) is 4.68 Å². The van der Waals surface area contributed by atoms with Gasteiger partial charge < -0.3 is 5.32 Å². The van der Waals surface area contributed by atoms with E-state index in [2.05, 4.69) is 48.5 Å². The molecule has 2 aromatic rings. The zero-order valence-corrected chi connectivity index (χ0v) is 11.4. The smallest absolute Gasteiger partial charge is 0.0690 e. The molecule has 0 radical (unpaired) electrons. The summed E-state index contributed by atoms with van der Waals surface area (Å²) in [5.41, 5.74) is 3.48. The summed E-state index contributed by atoms with van der Waals surface area (Å²) in [5, 5.41) is 7.95. The van der Waals surface area contributed by atoms with Gasteiger partial charge in [0.25, 0.3) is 0 Å². The van der Waals surface area contributed by atoms with Crippen molar-refractivity contribution in [1.82, 2.24) is 15.1 Å². The Kier molecular flexibility index (Phi) is 4.15. The Labute approximate surface area is 109 Å². The van der Waals surface area contributed by atoms with Crippen LogP contribution < -0.4 is 5.32 Å². The highest BCUT2D eigenvalue weighted by Crippen LogP contribution is 2.14. The van der Waals surface area contributed by atoms with E-state index < -0.39 is 0 Å². The fourth-order valence-electron chi connectivity index (χ4n) is 1.93. The van der Waals surface area contributed by atoms with Crippen LogP contribution in [0.5, 0.6) is 0 Å². The van der Waals surface area contributed by atoms with Crippen LogP contribution in [-0.2, 0) is 6.54 Å². The summed E-state index contributed by atoms with van der Waals surface area (Å²) in [6.07, 6.45) is 2.01. The summed E-state index contributed by atoms with van der Waals surface area (Å²) >= 11 is 0. The van der Waals surface area contributed by atoms with Gasteiger partial charge in [-0.05, 0) is 37.1 Å². The van der Waals surface area contributed by atoms with Crippen molar-refractivity contribution in [2.24, 2.45) is 5.92 Å². The van der Waals surface area contributed by atoms with Gasteiger partial charge in [0.05, 0.1) is 11.4 Å². The average molecular weight is 243 g/mol. The van der Waals surface area contributed by atoms with Crippen LogP contribution in [0.15, 0.2) is 36.5 Å². The zero-order chi connectivity index (χ0) is 13.0. The van der Waals surface area contributed by atoms with Crippen LogP contribution in [0.4, 0.5) is 0 Å². The topological polar surface area (TPSA) is 29.9 Å². The van der Waals surface area contributed by atoms with E-state index in [1.165, 1.54) is 5.56 Å². The van der Waals surface area contributed by atoms with Gasteiger partial charge in [0.1, 0.15) is 0 Å². The first-order valence-electron chi connectivity index (χ1n) is 6.48. The molecule has 0 saturated heterocycles. The van der Waals surface area contributed by atoms with Crippen LogP contribution >= 0.6 is 0 Å². The number of rotatable bonds is 5. The fourth-order valence-corrected chi connectivity index (χ4v) is 1.93. The molecule has 3 nitrogen and oxygen atoms in total. The highest BCUT2D eigenvalue weighted by atomic mass is 15.3. The van der Waals surface area contributed by atoms with Crippen LogP contribution in [0.2, 0.25) is 0 Å². The molecule has 2 rings (SSSR count). The molecule has 0 unspecified atom stereocenters. The normalized spacial score (nSPS) is 11.1. The third kappa shape index (κ3) is 3.20. The number of aryl methyl sites for hydroxylation is 1. The number of aromatic nitrogens is 2. The van der Waals surface area contributed by atoms with Crippen LogP contribution in [0.25, 0.3) is 5.69 Å². The standard InChI is InChI=1S/C15H21N3/c1-12(2)10-16-11-14-6-4-5-7-15(14)18-9-8-13(3)17-18/h4-9,12,16H,10-11H2,1-3H3. The van der Waals surface area contributed by atoms with Crippen molar-refractivity contribution >= 4 is 0 Å². The lowest BCUT2D eigenvalue weighted by Crippen LogP contribution is -2.20. The van der Waals surface area contributed by atoms with Gasteiger partial charge in [0.15, 0.2) is 0 Å². The second-order valence-electron chi connectivity index (χ2n) is 5.06. The Balaban J connectivity index is 2.15. The number of para-hydroxylation sites is 1. The Morgan fingerprint density at radius 1 is 1.22 bits per heavy atom. The van der Waals surface area contributed by atoms with Crippen LogP contribution in [0.3, 0.4) is 0 Å². The number of nitrogens with one attached hydrogen (secondary N) is 1. The molecule has 0 fully saturated rings. The van der Waals surface area contributed by atoms with Crippen molar-refractivity contribution in [1.29, 1.82) is 0 Å². The molecule has 3 heteroatoms. The summed E-state index contributed by atoms with van der Waals surface area (Å²) in [6.45, 7) is 8.36. The first-order valence-corrected chi connectivity index (χ1v) is 6.48. The lowest BCUT2D eigenvalue weighted by Gasteiger charge is -2.11. The van der Waals surface area contributed by atoms with Crippen molar-refractivity contribution in [3.05, 3.63) is 47.8 Å². The number of hydrogen-bond donors (Lipinski definition) is 1. The first kappa shape index (κ1) is 12.8. The maximum atomic E-state index is 4.47. The minimum absolute atomic E-state index is 0.670. The number of nitrogens with zero attached hydrogens (tertiary/aromatic N) is 2. The molecule has 18 heavy (non-hydrogen) atoms. The minimum Gasteiger partial charge on any atom is -0.312 e. The van der Waals surface area contributed by atoms with Crippen LogP contribution in [0, 0.1) is 12.8 Å². The third-order valence-corrected chi connectivity index (χ3v) is 2.83. The van der Waals surface area contributed by atoms with Gasteiger partial charge in [0.2, 0.25) is 0 Å². The highest BCUT2D eigenvalue weighted by molar-refractivity contribution is 5.40. The molecule has 1 N–H and O–H groups in total. The van der Waals surface area contributed by atoms with Crippen molar-refractivity contribution in [3.63, 3.8) is 0 Å². The predicted octanol–water partition coefficient (Wildman–Crippen LogP) is 2.93. The summed E-state index contributed by atoms with van der Waals surface area (Å²) in [7, 11) is 0. The van der Waals surface area contributed by atoms with E-state index in [-0.39, 0.29) is 0 Å². The molecule has 1 heterocycles. The van der Waals surface area contributed by atoms with Crippen molar-refractivity contribution in [3.8, 4) is 5.69 Å². The molecule has 1 aromatic heterocycles. The summed E-state index contributed by atoms with van der Waals surface area (Å²) in [5.74, 6) is 0.670. The lowest BCUT2D eigenvalue weighted by atomic mass is 10.1. The van der Waals surface area contributed by atoms with Gasteiger partial charge in [-0.15, -0.1) is 0 Å². The van der Waals surface area contributed by atoms with E-state index in [1.807, 2.05) is 23.9 Å². The lowest BCUT2D eigenvalue weighted by molar-refractivity contribution is 0.551. The van der Waals surface area contributed by atoms with Gasteiger partial charge in [-0.3, -0.25) is 0 Å². The van der Waals surface area contributed by atoms with Gasteiger partial charge in [-0.2, -0.15) is 5.10 Å². The number of benzene rings is 1. The van der Waals surface area contributed by atoms with E-state index in [0.717, 1.165) is 24.5 Å². The van der Waals surface area contributed by atoms with E-state index in [0.29, 0.717) is 5.92 Å². The van der Waals surface area contributed by atoms with E-state index in [1.54, 1.807) is 0 Å². The molecule has 0 atom stereocenters. The maximum absolute atomic E-state index is 4.47. The van der Waals surface area contributed by atoms with E-state index in [4.69, 9.17) is 0 Å².